The van der Waals surface area contributed by atoms with Crippen LogP contribution in [0.1, 0.15) is 22.3 Å². The van der Waals surface area contributed by atoms with Gasteiger partial charge in [0.2, 0.25) is 0 Å². The SMILES string of the molecule is FC(F)(F)c1ccc2c(c1)c1cc(C(F)(F)F)ccc1n2-c1ccc2c(-c3ccc4ccccc4n3)c3cc(-n4c5ccc(C(F)(F)F)cc5c5cc(C(F)(F)F)ccc54)ccc3c(-c3ccc4ccccc4n3)c2c1. The lowest BCUT2D eigenvalue weighted by atomic mass is 9.87. The number of alkyl halides is 12. The molecule has 4 nitrogen and oxygen atoms in total. The van der Waals surface area contributed by atoms with E-state index in [1.807, 2.05) is 72.8 Å². The second-order valence-electron chi connectivity index (χ2n) is 18.6. The van der Waals surface area contributed by atoms with Gasteiger partial charge < -0.3 is 9.13 Å². The molecule has 13 rings (SSSR count). The van der Waals surface area contributed by atoms with Crippen molar-refractivity contribution in [1.82, 2.24) is 19.1 Å². The molecule has 13 aromatic rings. The molecular formula is C60H30F12N4. The first-order chi connectivity index (χ1) is 36.2. The highest BCUT2D eigenvalue weighted by Crippen LogP contribution is 2.48. The predicted molar refractivity (Wildman–Crippen MR) is 272 cm³/mol. The van der Waals surface area contributed by atoms with Gasteiger partial charge in [0.25, 0.3) is 0 Å². The van der Waals surface area contributed by atoms with Crippen molar-refractivity contribution in [3.63, 3.8) is 0 Å². The highest BCUT2D eigenvalue weighted by molar-refractivity contribution is 6.22. The number of hydrogen-bond donors (Lipinski definition) is 0. The van der Waals surface area contributed by atoms with Gasteiger partial charge in [0, 0.05) is 54.8 Å². The summed E-state index contributed by atoms with van der Waals surface area (Å²) in [5, 5.41) is 3.64. The third kappa shape index (κ3) is 7.47. The Hall–Kier alpha value is -8.92. The van der Waals surface area contributed by atoms with Crippen molar-refractivity contribution in [2.24, 2.45) is 0 Å². The van der Waals surface area contributed by atoms with Gasteiger partial charge in [-0.15, -0.1) is 0 Å². The number of rotatable bonds is 4. The Balaban J connectivity index is 1.16. The average molecular weight is 1030 g/mol. The van der Waals surface area contributed by atoms with Gasteiger partial charge >= 0.3 is 24.7 Å². The zero-order valence-corrected chi connectivity index (χ0v) is 38.6. The summed E-state index contributed by atoms with van der Waals surface area (Å²) in [6.07, 6.45) is -19.2. The van der Waals surface area contributed by atoms with E-state index in [0.29, 0.717) is 66.5 Å². The van der Waals surface area contributed by atoms with Crippen molar-refractivity contribution in [1.29, 1.82) is 0 Å². The smallest absolute Gasteiger partial charge is 0.309 e. The van der Waals surface area contributed by atoms with E-state index in [0.717, 1.165) is 59.3 Å². The molecule has 0 amide bonds. The number of aromatic nitrogens is 4. The molecule has 0 saturated carbocycles. The maximum absolute atomic E-state index is 14.3. The summed E-state index contributed by atoms with van der Waals surface area (Å²) < 4.78 is 174. The van der Waals surface area contributed by atoms with Crippen molar-refractivity contribution in [2.45, 2.75) is 24.7 Å². The van der Waals surface area contributed by atoms with Gasteiger partial charge in [-0.1, -0.05) is 60.7 Å². The van der Waals surface area contributed by atoms with Crippen molar-refractivity contribution in [3.05, 3.63) is 204 Å². The molecule has 4 aromatic heterocycles. The minimum atomic E-state index is -4.81. The van der Waals surface area contributed by atoms with Gasteiger partial charge in [-0.05, 0) is 143 Å². The highest BCUT2D eigenvalue weighted by Gasteiger charge is 2.36. The number of pyridine rings is 2. The summed E-state index contributed by atoms with van der Waals surface area (Å²) in [6, 6.07) is 44.6. The van der Waals surface area contributed by atoms with Gasteiger partial charge in [0.15, 0.2) is 0 Å². The molecule has 0 aliphatic rings. The van der Waals surface area contributed by atoms with E-state index in [9.17, 15) is 52.7 Å². The number of nitrogens with zero attached hydrogens (tertiary/aromatic N) is 4. The summed E-state index contributed by atoms with van der Waals surface area (Å²) in [5.41, 5.74) is 0.676. The number of benzene rings is 9. The van der Waals surface area contributed by atoms with Gasteiger partial charge in [-0.25, -0.2) is 9.97 Å². The van der Waals surface area contributed by atoms with E-state index in [2.05, 4.69) is 0 Å². The normalized spacial score (nSPS) is 13.0. The summed E-state index contributed by atoms with van der Waals surface area (Å²) >= 11 is 0. The van der Waals surface area contributed by atoms with Crippen LogP contribution in [0.15, 0.2) is 182 Å². The molecule has 0 aliphatic carbocycles. The minimum absolute atomic E-state index is 0.0612. The van der Waals surface area contributed by atoms with Crippen LogP contribution in [0.5, 0.6) is 0 Å². The fourth-order valence-electron chi connectivity index (χ4n) is 10.8. The highest BCUT2D eigenvalue weighted by atomic mass is 19.4. The Morgan fingerprint density at radius 3 is 0.908 bits per heavy atom. The molecule has 0 spiro atoms. The van der Waals surface area contributed by atoms with Crippen molar-refractivity contribution in [3.8, 4) is 33.9 Å². The van der Waals surface area contributed by atoms with Crippen LogP contribution in [0.3, 0.4) is 0 Å². The standard InChI is InChI=1S/C60H30F12N4/c61-57(62,63)33-11-21-51-41(25-33)42-26-34(58(64,65)66)12-22-52(42)75(51)37-16-18-40-45(29-37)55(49-19-9-31-5-1-3-7-47(31)73-49)39-17-15-38(30-46(39)56(40)50-20-10-32-6-2-4-8-48(32)74-50)76-53-23-13-35(59(67,68)69)27-43(53)44-28-36(60(70,71)72)14-24-54(44)76/h1-30H. The lowest BCUT2D eigenvalue weighted by Crippen LogP contribution is -2.04. The molecule has 0 fully saturated rings. The van der Waals surface area contributed by atoms with Gasteiger partial charge in [-0.3, -0.25) is 0 Å². The van der Waals surface area contributed by atoms with Crippen molar-refractivity contribution < 1.29 is 52.7 Å². The van der Waals surface area contributed by atoms with E-state index >= 15 is 0 Å². The lowest BCUT2D eigenvalue weighted by molar-refractivity contribution is -0.138. The Morgan fingerprint density at radius 1 is 0.276 bits per heavy atom. The lowest BCUT2D eigenvalue weighted by Gasteiger charge is -2.20. The molecule has 0 radical (unpaired) electrons. The summed E-state index contributed by atoms with van der Waals surface area (Å²) in [5.74, 6) is 0. The maximum Gasteiger partial charge on any atom is 0.416 e. The summed E-state index contributed by atoms with van der Waals surface area (Å²) in [7, 11) is 0. The monoisotopic (exact) mass is 1030 g/mol. The quantitative estimate of drug-likeness (QED) is 0.130. The zero-order valence-electron chi connectivity index (χ0n) is 38.6. The van der Waals surface area contributed by atoms with E-state index < -0.39 is 47.0 Å². The molecule has 374 valence electrons. The van der Waals surface area contributed by atoms with Crippen LogP contribution in [-0.4, -0.2) is 19.1 Å². The number of hydrogen-bond acceptors (Lipinski definition) is 2. The van der Waals surface area contributed by atoms with Crippen LogP contribution < -0.4 is 0 Å². The maximum atomic E-state index is 14.3. The van der Waals surface area contributed by atoms with Crippen LogP contribution in [-0.2, 0) is 24.7 Å². The third-order valence-electron chi connectivity index (χ3n) is 14.1. The molecular weight excluding hydrogens is 1000 g/mol. The molecule has 0 unspecified atom stereocenters. The van der Waals surface area contributed by atoms with E-state index in [4.69, 9.17) is 9.97 Å². The van der Waals surface area contributed by atoms with E-state index in [1.165, 1.54) is 24.3 Å². The van der Waals surface area contributed by atoms with Crippen LogP contribution in [0.4, 0.5) is 52.7 Å². The van der Waals surface area contributed by atoms with Gasteiger partial charge in [0.05, 0.1) is 66.7 Å². The second kappa shape index (κ2) is 16.3. The second-order valence-corrected chi connectivity index (χ2v) is 18.6. The van der Waals surface area contributed by atoms with Crippen LogP contribution in [0, 0.1) is 0 Å². The molecule has 0 atom stereocenters. The molecule has 0 saturated heterocycles. The molecule has 0 N–H and O–H groups in total. The van der Waals surface area contributed by atoms with Crippen LogP contribution >= 0.6 is 0 Å². The molecule has 0 aliphatic heterocycles. The molecule has 9 aromatic carbocycles. The first-order valence-corrected chi connectivity index (χ1v) is 23.4. The van der Waals surface area contributed by atoms with Gasteiger partial charge in [0.1, 0.15) is 0 Å². The van der Waals surface area contributed by atoms with Crippen LogP contribution in [0.25, 0.3) is 121 Å². The fourth-order valence-corrected chi connectivity index (χ4v) is 10.8. The summed E-state index contributed by atoms with van der Waals surface area (Å²) in [6.45, 7) is 0. The Kier molecular flexibility index (Phi) is 10.0. The molecule has 16 heteroatoms. The van der Waals surface area contributed by atoms with Gasteiger partial charge in [-0.2, -0.15) is 52.7 Å². The number of halogens is 12. The molecule has 0 bridgehead atoms. The predicted octanol–water partition coefficient (Wildman–Crippen LogP) is 18.7. The van der Waals surface area contributed by atoms with Crippen molar-refractivity contribution in [2.75, 3.05) is 0 Å². The Bertz CT molecular complexity index is 4160. The Labute approximate surface area is 420 Å². The topological polar surface area (TPSA) is 35.6 Å². The molecule has 4 heterocycles. The first-order valence-electron chi connectivity index (χ1n) is 23.4. The number of para-hydroxylation sites is 2. The third-order valence-corrected chi connectivity index (χ3v) is 14.1. The first kappa shape index (κ1) is 46.8. The fraction of sp³-hybridized carbons (Fsp3) is 0.0667. The van der Waals surface area contributed by atoms with E-state index in [1.54, 1.807) is 45.5 Å². The van der Waals surface area contributed by atoms with Crippen LogP contribution in [0.2, 0.25) is 0 Å². The largest absolute Gasteiger partial charge is 0.416 e. The molecule has 76 heavy (non-hydrogen) atoms. The van der Waals surface area contributed by atoms with E-state index in [-0.39, 0.29) is 43.6 Å². The zero-order chi connectivity index (χ0) is 52.8. The minimum Gasteiger partial charge on any atom is -0.309 e. The number of fused-ring (bicyclic) bond motifs is 10. The summed E-state index contributed by atoms with van der Waals surface area (Å²) in [4.78, 5) is 10.3. The Morgan fingerprint density at radius 2 is 0.592 bits per heavy atom. The van der Waals surface area contributed by atoms with Crippen molar-refractivity contribution >= 4 is 87.0 Å². The average Bonchev–Trinajstić information content (AvgIpc) is 3.97.